The second kappa shape index (κ2) is 3.03. The fourth-order valence-corrected chi connectivity index (χ4v) is 1.75. The molecule has 0 saturated heterocycles. The molecule has 2 aromatic heterocycles. The number of fused-ring (bicyclic) bond motifs is 1. The van der Waals surface area contributed by atoms with Crippen LogP contribution in [-0.2, 0) is 9.59 Å². The van der Waals surface area contributed by atoms with Crippen LogP contribution in [0, 0.1) is 0 Å². The molecule has 3 rings (SSSR count). The second-order valence-corrected chi connectivity index (χ2v) is 3.47. The molecule has 78 valence electrons. The number of hydrogen-bond donors (Lipinski definition) is 1. The summed E-state index contributed by atoms with van der Waals surface area (Å²) in [4.78, 5) is 22.5. The number of amides is 2. The number of carbonyl (C=O) groups is 2. The van der Waals surface area contributed by atoms with Crippen LogP contribution in [0.3, 0.4) is 0 Å². The van der Waals surface area contributed by atoms with E-state index in [1.807, 2.05) is 18.2 Å². The molecule has 5 nitrogen and oxygen atoms in total. The lowest BCUT2D eigenvalue weighted by atomic mass is 10.1. The summed E-state index contributed by atoms with van der Waals surface area (Å²) in [5.41, 5.74) is 1.84. The molecule has 1 N–H and O–H groups in total. The van der Waals surface area contributed by atoms with Crippen molar-refractivity contribution in [3.05, 3.63) is 42.2 Å². The highest BCUT2D eigenvalue weighted by Crippen LogP contribution is 2.22. The number of nitrogens with zero attached hydrogens (tertiary/aromatic N) is 2. The SMILES string of the molecule is O=C1C=C(c2cnn3ccccc23)C(=O)N1. The first-order valence-corrected chi connectivity index (χ1v) is 4.75. The zero-order valence-electron chi connectivity index (χ0n) is 8.18. The largest absolute Gasteiger partial charge is 0.289 e. The molecule has 0 aliphatic carbocycles. The van der Waals surface area contributed by atoms with Crippen molar-refractivity contribution in [1.82, 2.24) is 14.9 Å². The van der Waals surface area contributed by atoms with Gasteiger partial charge in [0.15, 0.2) is 0 Å². The van der Waals surface area contributed by atoms with Gasteiger partial charge < -0.3 is 0 Å². The average molecular weight is 213 g/mol. The maximum Gasteiger partial charge on any atom is 0.259 e. The third kappa shape index (κ3) is 1.15. The highest BCUT2D eigenvalue weighted by molar-refractivity contribution is 6.34. The zero-order valence-corrected chi connectivity index (χ0v) is 8.18. The number of pyridine rings is 1. The van der Waals surface area contributed by atoms with E-state index in [0.29, 0.717) is 11.1 Å². The van der Waals surface area contributed by atoms with Crippen molar-refractivity contribution in [3.8, 4) is 0 Å². The average Bonchev–Trinajstić information content (AvgIpc) is 2.81. The van der Waals surface area contributed by atoms with Gasteiger partial charge in [-0.25, -0.2) is 4.52 Å². The van der Waals surface area contributed by atoms with Crippen molar-refractivity contribution in [2.45, 2.75) is 0 Å². The van der Waals surface area contributed by atoms with Crippen LogP contribution in [0.1, 0.15) is 5.56 Å². The normalized spacial score (nSPS) is 15.4. The Morgan fingerprint density at radius 3 is 2.88 bits per heavy atom. The molecule has 0 saturated carbocycles. The number of imide groups is 1. The molecular weight excluding hydrogens is 206 g/mol. The van der Waals surface area contributed by atoms with Crippen LogP contribution < -0.4 is 5.32 Å². The third-order valence-corrected chi connectivity index (χ3v) is 2.47. The Labute approximate surface area is 90.4 Å². The molecule has 0 atom stereocenters. The van der Waals surface area contributed by atoms with Crippen LogP contribution in [0.5, 0.6) is 0 Å². The lowest BCUT2D eigenvalue weighted by Gasteiger charge is -1.97. The van der Waals surface area contributed by atoms with Crippen LogP contribution in [-0.4, -0.2) is 21.4 Å². The van der Waals surface area contributed by atoms with E-state index >= 15 is 0 Å². The summed E-state index contributed by atoms with van der Waals surface area (Å²) in [5, 5.41) is 6.32. The number of nitrogens with one attached hydrogen (secondary N) is 1. The van der Waals surface area contributed by atoms with Gasteiger partial charge in [-0.15, -0.1) is 0 Å². The predicted octanol–water partition coefficient (Wildman–Crippen LogP) is 0.374. The summed E-state index contributed by atoms with van der Waals surface area (Å²) in [6.07, 6.45) is 4.67. The van der Waals surface area contributed by atoms with Gasteiger partial charge in [-0.05, 0) is 12.1 Å². The fraction of sp³-hybridized carbons (Fsp3) is 0. The van der Waals surface area contributed by atoms with Crippen LogP contribution >= 0.6 is 0 Å². The monoisotopic (exact) mass is 213 g/mol. The van der Waals surface area contributed by atoms with E-state index in [4.69, 9.17) is 0 Å². The van der Waals surface area contributed by atoms with Gasteiger partial charge >= 0.3 is 0 Å². The molecule has 16 heavy (non-hydrogen) atoms. The van der Waals surface area contributed by atoms with Gasteiger partial charge in [0.2, 0.25) is 0 Å². The molecule has 0 aromatic carbocycles. The standard InChI is InChI=1S/C11H7N3O2/c15-10-5-7(11(16)13-10)8-6-12-14-4-2-1-3-9(8)14/h1-6H,(H,13,15,16). The van der Waals surface area contributed by atoms with E-state index in [9.17, 15) is 9.59 Å². The third-order valence-electron chi connectivity index (χ3n) is 2.47. The van der Waals surface area contributed by atoms with Gasteiger partial charge in [-0.3, -0.25) is 14.9 Å². The highest BCUT2D eigenvalue weighted by atomic mass is 16.2. The summed E-state index contributed by atoms with van der Waals surface area (Å²) in [5.74, 6) is -0.751. The van der Waals surface area contributed by atoms with Crippen molar-refractivity contribution in [3.63, 3.8) is 0 Å². The molecule has 3 heterocycles. The zero-order chi connectivity index (χ0) is 11.1. The molecule has 0 spiro atoms. The van der Waals surface area contributed by atoms with Crippen LogP contribution in [0.4, 0.5) is 0 Å². The first kappa shape index (κ1) is 8.84. The molecule has 2 amide bonds. The molecule has 5 heteroatoms. The van der Waals surface area contributed by atoms with E-state index in [0.717, 1.165) is 5.52 Å². The van der Waals surface area contributed by atoms with Crippen molar-refractivity contribution < 1.29 is 9.59 Å². The van der Waals surface area contributed by atoms with Crippen molar-refractivity contribution in [2.75, 3.05) is 0 Å². The molecule has 1 aliphatic heterocycles. The topological polar surface area (TPSA) is 63.5 Å². The summed E-state index contributed by atoms with van der Waals surface area (Å²) in [7, 11) is 0. The lowest BCUT2D eigenvalue weighted by molar-refractivity contribution is -0.123. The molecule has 0 unspecified atom stereocenters. The minimum atomic E-state index is -0.379. The molecular formula is C11H7N3O2. The minimum absolute atomic E-state index is 0.367. The Balaban J connectivity index is 2.24. The summed E-state index contributed by atoms with van der Waals surface area (Å²) in [6, 6.07) is 5.55. The highest BCUT2D eigenvalue weighted by Gasteiger charge is 2.24. The van der Waals surface area contributed by atoms with Crippen molar-refractivity contribution in [2.24, 2.45) is 0 Å². The van der Waals surface area contributed by atoms with Crippen molar-refractivity contribution in [1.29, 1.82) is 0 Å². The van der Waals surface area contributed by atoms with E-state index in [1.165, 1.54) is 6.08 Å². The van der Waals surface area contributed by atoms with E-state index in [-0.39, 0.29) is 11.8 Å². The Bertz CT molecular complexity index is 639. The molecule has 2 aromatic rings. The molecule has 0 fully saturated rings. The molecule has 0 radical (unpaired) electrons. The van der Waals surface area contributed by atoms with Gasteiger partial charge in [0.25, 0.3) is 11.8 Å². The summed E-state index contributed by atoms with van der Waals surface area (Å²) >= 11 is 0. The van der Waals surface area contributed by atoms with Gasteiger partial charge in [0.1, 0.15) is 0 Å². The maximum atomic E-state index is 11.5. The van der Waals surface area contributed by atoms with Crippen LogP contribution in [0.25, 0.3) is 11.1 Å². The maximum absolute atomic E-state index is 11.5. The Morgan fingerprint density at radius 1 is 1.25 bits per heavy atom. The lowest BCUT2D eigenvalue weighted by Crippen LogP contribution is -2.21. The number of aromatic nitrogens is 2. The van der Waals surface area contributed by atoms with Gasteiger partial charge in [-0.2, -0.15) is 5.10 Å². The van der Waals surface area contributed by atoms with Crippen LogP contribution in [0.15, 0.2) is 36.7 Å². The summed E-state index contributed by atoms with van der Waals surface area (Å²) < 4.78 is 1.66. The van der Waals surface area contributed by atoms with Crippen molar-refractivity contribution >= 4 is 22.9 Å². The number of carbonyl (C=O) groups excluding carboxylic acids is 2. The van der Waals surface area contributed by atoms with Crippen LogP contribution in [0.2, 0.25) is 0 Å². The minimum Gasteiger partial charge on any atom is -0.289 e. The van der Waals surface area contributed by atoms with Gasteiger partial charge in [0.05, 0.1) is 17.3 Å². The Morgan fingerprint density at radius 2 is 2.12 bits per heavy atom. The molecule has 1 aliphatic rings. The summed E-state index contributed by atoms with van der Waals surface area (Å²) in [6.45, 7) is 0. The first-order chi connectivity index (χ1) is 7.75. The van der Waals surface area contributed by atoms with E-state index in [2.05, 4.69) is 10.4 Å². The smallest absolute Gasteiger partial charge is 0.259 e. The Kier molecular flexibility index (Phi) is 1.67. The van der Waals surface area contributed by atoms with Gasteiger partial charge in [0, 0.05) is 17.8 Å². The molecule has 0 bridgehead atoms. The van der Waals surface area contributed by atoms with E-state index < -0.39 is 0 Å². The first-order valence-electron chi connectivity index (χ1n) is 4.75. The predicted molar refractivity (Wildman–Crippen MR) is 56.3 cm³/mol. The number of hydrogen-bond acceptors (Lipinski definition) is 3. The quantitative estimate of drug-likeness (QED) is 0.696. The van der Waals surface area contributed by atoms with E-state index in [1.54, 1.807) is 16.9 Å². The fourth-order valence-electron chi connectivity index (χ4n) is 1.75. The Hall–Kier alpha value is -2.43. The second-order valence-electron chi connectivity index (χ2n) is 3.47. The number of rotatable bonds is 1. The van der Waals surface area contributed by atoms with Gasteiger partial charge in [-0.1, -0.05) is 6.07 Å².